The lowest BCUT2D eigenvalue weighted by atomic mass is 10.00. The summed E-state index contributed by atoms with van der Waals surface area (Å²) in [5.41, 5.74) is 6.21. The van der Waals surface area contributed by atoms with Crippen molar-refractivity contribution in [3.8, 4) is 17.2 Å². The van der Waals surface area contributed by atoms with Gasteiger partial charge in [-0.2, -0.15) is 0 Å². The lowest BCUT2D eigenvalue weighted by Gasteiger charge is -2.07. The molecule has 4 aromatic rings. The maximum atomic E-state index is 6.08. The number of halogens is 1. The van der Waals surface area contributed by atoms with Gasteiger partial charge in [0.05, 0.1) is 12.8 Å². The summed E-state index contributed by atoms with van der Waals surface area (Å²) in [6.45, 7) is 0.573. The quantitative estimate of drug-likeness (QED) is 0.413. The van der Waals surface area contributed by atoms with Crippen molar-refractivity contribution in [2.24, 2.45) is 0 Å². The molecule has 1 N–H and O–H groups in total. The third-order valence-electron chi connectivity index (χ3n) is 5.19. The number of fused-ring (bicyclic) bond motifs is 1. The third-order valence-corrected chi connectivity index (χ3v) is 5.40. The van der Waals surface area contributed by atoms with Crippen molar-refractivity contribution in [3.63, 3.8) is 0 Å². The number of hydrogen-bond acceptors (Lipinski definition) is 6. The number of pyridine rings is 1. The van der Waals surface area contributed by atoms with Crippen LogP contribution in [0.2, 0.25) is 5.15 Å². The normalized spacial score (nSPS) is 12.4. The van der Waals surface area contributed by atoms with Crippen LogP contribution in [0.5, 0.6) is 5.75 Å². The second kappa shape index (κ2) is 8.24. The van der Waals surface area contributed by atoms with E-state index in [1.807, 2.05) is 42.5 Å². The summed E-state index contributed by atoms with van der Waals surface area (Å²) in [7, 11) is 1.65. The molecule has 0 atom stereocenters. The third kappa shape index (κ3) is 4.02. The van der Waals surface area contributed by atoms with E-state index in [0.717, 1.165) is 40.1 Å². The summed E-state index contributed by atoms with van der Waals surface area (Å²) in [5, 5.41) is 12.0. The molecule has 1 aliphatic carbocycles. The van der Waals surface area contributed by atoms with Crippen molar-refractivity contribution in [3.05, 3.63) is 94.3 Å². The van der Waals surface area contributed by atoms with Crippen LogP contribution >= 0.6 is 11.6 Å². The number of methoxy groups -OCH3 is 1. The number of hydrogen-bond donors (Lipinski definition) is 1. The molecule has 0 saturated heterocycles. The van der Waals surface area contributed by atoms with Crippen LogP contribution in [-0.2, 0) is 13.0 Å². The molecule has 0 saturated carbocycles. The summed E-state index contributed by atoms with van der Waals surface area (Å²) in [4.78, 5) is 4.45. The zero-order chi connectivity index (χ0) is 21.2. The Morgan fingerprint density at radius 2 is 1.94 bits per heavy atom. The fourth-order valence-corrected chi connectivity index (χ4v) is 3.76. The topological polar surface area (TPSA) is 73.1 Å². The van der Waals surface area contributed by atoms with Crippen LogP contribution in [-0.4, -0.2) is 22.3 Å². The van der Waals surface area contributed by atoms with Gasteiger partial charge in [-0.15, -0.1) is 5.10 Å². The van der Waals surface area contributed by atoms with E-state index in [1.54, 1.807) is 13.2 Å². The van der Waals surface area contributed by atoms with Crippen molar-refractivity contribution >= 4 is 23.2 Å². The second-order valence-corrected chi connectivity index (χ2v) is 7.54. The van der Waals surface area contributed by atoms with E-state index in [4.69, 9.17) is 20.8 Å². The van der Waals surface area contributed by atoms with Gasteiger partial charge in [-0.25, -0.2) is 4.98 Å². The van der Waals surface area contributed by atoms with Crippen LogP contribution in [0.15, 0.2) is 71.2 Å². The molecule has 0 bridgehead atoms. The van der Waals surface area contributed by atoms with Gasteiger partial charge in [0.15, 0.2) is 0 Å². The van der Waals surface area contributed by atoms with Gasteiger partial charge in [-0.1, -0.05) is 47.0 Å². The van der Waals surface area contributed by atoms with Crippen LogP contribution in [0, 0.1) is 0 Å². The Morgan fingerprint density at radius 1 is 1.06 bits per heavy atom. The number of anilines is 1. The van der Waals surface area contributed by atoms with Crippen molar-refractivity contribution in [1.29, 1.82) is 0 Å². The van der Waals surface area contributed by atoms with Crippen LogP contribution in [0.4, 0.5) is 6.01 Å². The molecule has 1 aliphatic rings. The number of allylic oxidation sites excluding steroid dienone is 1. The Kier molecular flexibility index (Phi) is 5.14. The first kappa shape index (κ1) is 19.3. The molecule has 7 heteroatoms. The van der Waals surface area contributed by atoms with Gasteiger partial charge in [-0.3, -0.25) is 0 Å². The molecular weight excluding hydrogens is 412 g/mol. The monoisotopic (exact) mass is 430 g/mol. The van der Waals surface area contributed by atoms with Crippen LogP contribution in [0.25, 0.3) is 17.0 Å². The molecule has 0 fully saturated rings. The molecular formula is C24H19ClN4O2. The van der Waals surface area contributed by atoms with Crippen LogP contribution in [0.1, 0.15) is 22.4 Å². The lowest BCUT2D eigenvalue weighted by molar-refractivity contribution is 0.414. The summed E-state index contributed by atoms with van der Waals surface area (Å²) in [6.07, 6.45) is 3.03. The Bertz CT molecular complexity index is 1260. The molecule has 154 valence electrons. The average molecular weight is 431 g/mol. The SMILES string of the molecule is COc1ccc(CNc2nnc(-c3ccc4c(c3)C(c3cccc(Cl)n3)=CC4)o2)cc1. The predicted molar refractivity (Wildman–Crippen MR) is 120 cm³/mol. The highest BCUT2D eigenvalue weighted by molar-refractivity contribution is 6.29. The van der Waals surface area contributed by atoms with Gasteiger partial charge < -0.3 is 14.5 Å². The van der Waals surface area contributed by atoms with Gasteiger partial charge in [0.1, 0.15) is 10.9 Å². The first-order valence-corrected chi connectivity index (χ1v) is 10.2. The van der Waals surface area contributed by atoms with E-state index in [9.17, 15) is 0 Å². The molecule has 0 amide bonds. The number of ether oxygens (including phenoxy) is 1. The minimum atomic E-state index is 0.374. The second-order valence-electron chi connectivity index (χ2n) is 7.15. The highest BCUT2D eigenvalue weighted by Gasteiger charge is 2.19. The average Bonchev–Trinajstić information content (AvgIpc) is 3.45. The molecule has 0 radical (unpaired) electrons. The zero-order valence-corrected chi connectivity index (χ0v) is 17.6. The Balaban J connectivity index is 1.34. The molecule has 0 unspecified atom stereocenters. The summed E-state index contributed by atoms with van der Waals surface area (Å²) >= 11 is 6.08. The van der Waals surface area contributed by atoms with E-state index in [1.165, 1.54) is 5.56 Å². The standard InChI is InChI=1S/C24H19ClN4O2/c1-30-18-10-5-15(6-11-18)14-26-24-29-28-23(31-24)17-8-7-16-9-12-19(20(16)13-17)21-3-2-4-22(25)27-21/h2-8,10-13H,9,14H2,1H3,(H,26,29). The molecule has 0 spiro atoms. The van der Waals surface area contributed by atoms with Crippen LogP contribution in [0.3, 0.4) is 0 Å². The Labute approximate surface area is 184 Å². The van der Waals surface area contributed by atoms with E-state index >= 15 is 0 Å². The Morgan fingerprint density at radius 3 is 2.74 bits per heavy atom. The highest BCUT2D eigenvalue weighted by Crippen LogP contribution is 2.35. The number of benzene rings is 2. The van der Waals surface area contributed by atoms with Gasteiger partial charge >= 0.3 is 6.01 Å². The van der Waals surface area contributed by atoms with Gasteiger partial charge in [0, 0.05) is 17.7 Å². The van der Waals surface area contributed by atoms with Crippen molar-refractivity contribution in [1.82, 2.24) is 15.2 Å². The maximum Gasteiger partial charge on any atom is 0.316 e. The number of nitrogens with one attached hydrogen (secondary N) is 1. The maximum absolute atomic E-state index is 6.08. The Hall–Kier alpha value is -3.64. The zero-order valence-electron chi connectivity index (χ0n) is 16.8. The van der Waals surface area contributed by atoms with E-state index in [0.29, 0.717) is 23.6 Å². The minimum absolute atomic E-state index is 0.374. The molecule has 2 aromatic carbocycles. The van der Waals surface area contributed by atoms with E-state index in [2.05, 4.69) is 38.7 Å². The number of nitrogens with zero attached hydrogens (tertiary/aromatic N) is 3. The fourth-order valence-electron chi connectivity index (χ4n) is 3.59. The fraction of sp³-hybridized carbons (Fsp3) is 0.125. The van der Waals surface area contributed by atoms with E-state index < -0.39 is 0 Å². The van der Waals surface area contributed by atoms with Gasteiger partial charge in [0.25, 0.3) is 0 Å². The molecule has 0 aliphatic heterocycles. The first-order chi connectivity index (χ1) is 15.2. The van der Waals surface area contributed by atoms with Gasteiger partial charge in [0.2, 0.25) is 5.89 Å². The number of aromatic nitrogens is 3. The molecule has 31 heavy (non-hydrogen) atoms. The summed E-state index contributed by atoms with van der Waals surface area (Å²) < 4.78 is 11.0. The lowest BCUT2D eigenvalue weighted by Crippen LogP contribution is -1.99. The van der Waals surface area contributed by atoms with Gasteiger partial charge in [-0.05, 0) is 59.5 Å². The summed E-state index contributed by atoms with van der Waals surface area (Å²) in [6, 6.07) is 20.0. The molecule has 5 rings (SSSR count). The highest BCUT2D eigenvalue weighted by atomic mass is 35.5. The molecule has 2 aromatic heterocycles. The smallest absolute Gasteiger partial charge is 0.316 e. The van der Waals surface area contributed by atoms with Crippen LogP contribution < -0.4 is 10.1 Å². The van der Waals surface area contributed by atoms with Crippen molar-refractivity contribution < 1.29 is 9.15 Å². The molecule has 6 nitrogen and oxygen atoms in total. The van der Waals surface area contributed by atoms with Crippen molar-refractivity contribution in [2.45, 2.75) is 13.0 Å². The number of rotatable bonds is 6. The molecule has 2 heterocycles. The minimum Gasteiger partial charge on any atom is -0.497 e. The first-order valence-electron chi connectivity index (χ1n) is 9.87. The summed E-state index contributed by atoms with van der Waals surface area (Å²) in [5.74, 6) is 1.28. The van der Waals surface area contributed by atoms with E-state index in [-0.39, 0.29) is 0 Å². The predicted octanol–water partition coefficient (Wildman–Crippen LogP) is 5.39. The largest absolute Gasteiger partial charge is 0.497 e. The van der Waals surface area contributed by atoms with Crippen molar-refractivity contribution in [2.75, 3.05) is 12.4 Å².